The summed E-state index contributed by atoms with van der Waals surface area (Å²) in [6, 6.07) is 5.63. The van der Waals surface area contributed by atoms with Crippen LogP contribution in [0.4, 0.5) is 5.69 Å². The highest BCUT2D eigenvalue weighted by molar-refractivity contribution is 7.91. The van der Waals surface area contributed by atoms with Gasteiger partial charge in [0.15, 0.2) is 9.84 Å². The third kappa shape index (κ3) is 3.14. The van der Waals surface area contributed by atoms with Crippen molar-refractivity contribution in [2.45, 2.75) is 11.8 Å². The van der Waals surface area contributed by atoms with Crippen molar-refractivity contribution < 1.29 is 13.3 Å². The third-order valence-corrected chi connectivity index (χ3v) is 5.57. The standard InChI is InChI=1S/C13H13ClN2O4S/c1-9(7-14)8-21(19,20)12-5-6-15-13-10(12)3-2-4-11(13)16(17)18/h2-6,9H,7-8H2,1H3. The van der Waals surface area contributed by atoms with Gasteiger partial charge in [-0.1, -0.05) is 19.1 Å². The first-order valence-corrected chi connectivity index (χ1v) is 8.36. The van der Waals surface area contributed by atoms with Gasteiger partial charge in [0.25, 0.3) is 5.69 Å². The van der Waals surface area contributed by atoms with E-state index in [0.29, 0.717) is 0 Å². The van der Waals surface area contributed by atoms with Crippen molar-refractivity contribution in [3.63, 3.8) is 0 Å². The van der Waals surface area contributed by atoms with Crippen LogP contribution in [-0.4, -0.2) is 30.0 Å². The van der Waals surface area contributed by atoms with E-state index in [-0.39, 0.29) is 39.0 Å². The predicted molar refractivity (Wildman–Crippen MR) is 80.3 cm³/mol. The summed E-state index contributed by atoms with van der Waals surface area (Å²) in [4.78, 5) is 14.4. The largest absolute Gasteiger partial charge is 0.295 e. The van der Waals surface area contributed by atoms with Gasteiger partial charge in [0.05, 0.1) is 15.6 Å². The molecule has 0 aliphatic carbocycles. The smallest absolute Gasteiger partial charge is 0.258 e. The number of aromatic nitrogens is 1. The minimum atomic E-state index is -3.59. The number of nitro groups is 1. The fourth-order valence-corrected chi connectivity index (χ4v) is 4.12. The molecule has 0 aliphatic heterocycles. The first-order chi connectivity index (χ1) is 9.86. The lowest BCUT2D eigenvalue weighted by Gasteiger charge is -2.10. The van der Waals surface area contributed by atoms with Crippen molar-refractivity contribution in [1.29, 1.82) is 0 Å². The van der Waals surface area contributed by atoms with Crippen LogP contribution in [0.25, 0.3) is 10.9 Å². The normalized spacial score (nSPS) is 13.2. The van der Waals surface area contributed by atoms with Crippen LogP contribution < -0.4 is 0 Å². The lowest BCUT2D eigenvalue weighted by molar-refractivity contribution is -0.383. The molecule has 0 aliphatic rings. The van der Waals surface area contributed by atoms with E-state index in [1.165, 1.54) is 30.5 Å². The Balaban J connectivity index is 2.66. The van der Waals surface area contributed by atoms with E-state index in [1.807, 2.05) is 0 Å². The molecular weight excluding hydrogens is 316 g/mol. The van der Waals surface area contributed by atoms with Crippen molar-refractivity contribution in [3.8, 4) is 0 Å². The van der Waals surface area contributed by atoms with Crippen LogP contribution in [-0.2, 0) is 9.84 Å². The van der Waals surface area contributed by atoms with E-state index in [1.54, 1.807) is 6.92 Å². The van der Waals surface area contributed by atoms with Crippen LogP contribution in [0.15, 0.2) is 35.4 Å². The van der Waals surface area contributed by atoms with Crippen molar-refractivity contribution in [2.24, 2.45) is 5.92 Å². The van der Waals surface area contributed by atoms with E-state index >= 15 is 0 Å². The molecule has 0 bridgehead atoms. The molecule has 8 heteroatoms. The second-order valence-electron chi connectivity index (χ2n) is 4.78. The summed E-state index contributed by atoms with van der Waals surface area (Å²) in [5.74, 6) is -0.0978. The van der Waals surface area contributed by atoms with Crippen LogP contribution >= 0.6 is 11.6 Å². The Morgan fingerprint density at radius 2 is 2.10 bits per heavy atom. The summed E-state index contributed by atoms with van der Waals surface area (Å²) >= 11 is 5.66. The van der Waals surface area contributed by atoms with Gasteiger partial charge in [0, 0.05) is 23.5 Å². The number of pyridine rings is 1. The minimum absolute atomic E-state index is 0.0492. The van der Waals surface area contributed by atoms with E-state index in [2.05, 4.69) is 4.98 Å². The zero-order valence-electron chi connectivity index (χ0n) is 11.2. The molecule has 1 aromatic carbocycles. The first-order valence-electron chi connectivity index (χ1n) is 6.17. The molecule has 2 aromatic rings. The second-order valence-corrected chi connectivity index (χ2v) is 7.09. The number of benzene rings is 1. The maximum Gasteiger partial charge on any atom is 0.295 e. The van der Waals surface area contributed by atoms with Gasteiger partial charge in [-0.25, -0.2) is 13.4 Å². The zero-order chi connectivity index (χ0) is 15.6. The van der Waals surface area contributed by atoms with E-state index in [0.717, 1.165) is 0 Å². The van der Waals surface area contributed by atoms with Crippen molar-refractivity contribution in [2.75, 3.05) is 11.6 Å². The molecule has 0 spiro atoms. The summed E-state index contributed by atoms with van der Waals surface area (Å²) in [6.07, 6.45) is 1.27. The lowest BCUT2D eigenvalue weighted by Crippen LogP contribution is -2.15. The van der Waals surface area contributed by atoms with Gasteiger partial charge in [0.1, 0.15) is 5.52 Å². The summed E-state index contributed by atoms with van der Waals surface area (Å²) in [7, 11) is -3.59. The number of halogens is 1. The first kappa shape index (κ1) is 15.7. The number of nitro benzene ring substituents is 1. The van der Waals surface area contributed by atoms with Crippen molar-refractivity contribution in [3.05, 3.63) is 40.6 Å². The highest BCUT2D eigenvalue weighted by Gasteiger charge is 2.23. The SMILES string of the molecule is CC(CCl)CS(=O)(=O)c1ccnc2c([N+](=O)[O-])cccc12. The maximum absolute atomic E-state index is 12.4. The van der Waals surface area contributed by atoms with Gasteiger partial charge < -0.3 is 0 Å². The van der Waals surface area contributed by atoms with Gasteiger partial charge in [-0.15, -0.1) is 11.6 Å². The Kier molecular flexibility index (Phi) is 4.43. The second kappa shape index (κ2) is 5.95. The van der Waals surface area contributed by atoms with Gasteiger partial charge in [-0.2, -0.15) is 0 Å². The molecule has 21 heavy (non-hydrogen) atoms. The fraction of sp³-hybridized carbons (Fsp3) is 0.308. The monoisotopic (exact) mass is 328 g/mol. The molecule has 1 aromatic heterocycles. The summed E-state index contributed by atoms with van der Waals surface area (Å²) in [5.41, 5.74) is -0.142. The summed E-state index contributed by atoms with van der Waals surface area (Å²) in [6.45, 7) is 1.73. The zero-order valence-corrected chi connectivity index (χ0v) is 12.8. The summed E-state index contributed by atoms with van der Waals surface area (Å²) < 4.78 is 24.9. The molecule has 2 rings (SSSR count). The van der Waals surface area contributed by atoms with Crippen LogP contribution in [0.1, 0.15) is 6.92 Å². The molecule has 0 N–H and O–H groups in total. The average Bonchev–Trinajstić information content (AvgIpc) is 2.45. The maximum atomic E-state index is 12.4. The van der Waals surface area contributed by atoms with Gasteiger partial charge in [-0.05, 0) is 12.0 Å². The molecule has 0 saturated heterocycles. The van der Waals surface area contributed by atoms with Gasteiger partial charge in [-0.3, -0.25) is 10.1 Å². The number of hydrogen-bond acceptors (Lipinski definition) is 5. The van der Waals surface area contributed by atoms with Crippen LogP contribution in [0.2, 0.25) is 0 Å². The topological polar surface area (TPSA) is 90.2 Å². The number of fused-ring (bicyclic) bond motifs is 1. The summed E-state index contributed by atoms with van der Waals surface area (Å²) in [5, 5.41) is 11.3. The molecule has 0 saturated carbocycles. The third-order valence-electron chi connectivity index (χ3n) is 3.01. The Labute approximate surface area is 126 Å². The van der Waals surface area contributed by atoms with Crippen molar-refractivity contribution in [1.82, 2.24) is 4.98 Å². The molecule has 1 atom stereocenters. The quantitative estimate of drug-likeness (QED) is 0.478. The molecule has 1 heterocycles. The molecule has 0 amide bonds. The molecule has 1 unspecified atom stereocenters. The van der Waals surface area contributed by atoms with Crippen LogP contribution in [0.5, 0.6) is 0 Å². The van der Waals surface area contributed by atoms with E-state index in [4.69, 9.17) is 11.6 Å². The number of rotatable bonds is 5. The molecule has 6 nitrogen and oxygen atoms in total. The Morgan fingerprint density at radius 3 is 2.71 bits per heavy atom. The Bertz CT molecular complexity index is 792. The molecular formula is C13H13ClN2O4S. The number of hydrogen-bond donors (Lipinski definition) is 0. The Morgan fingerprint density at radius 1 is 1.38 bits per heavy atom. The number of para-hydroxylation sites is 1. The lowest BCUT2D eigenvalue weighted by atomic mass is 10.2. The number of nitrogens with zero attached hydrogens (tertiary/aromatic N) is 2. The molecule has 0 radical (unpaired) electrons. The fourth-order valence-electron chi connectivity index (χ4n) is 2.06. The van der Waals surface area contributed by atoms with E-state index in [9.17, 15) is 18.5 Å². The Hall–Kier alpha value is -1.73. The van der Waals surface area contributed by atoms with E-state index < -0.39 is 14.8 Å². The number of non-ortho nitro benzene ring substituents is 1. The number of alkyl halides is 1. The highest BCUT2D eigenvalue weighted by atomic mass is 35.5. The average molecular weight is 329 g/mol. The van der Waals surface area contributed by atoms with Crippen LogP contribution in [0, 0.1) is 16.0 Å². The van der Waals surface area contributed by atoms with Gasteiger partial charge in [0.2, 0.25) is 0 Å². The highest BCUT2D eigenvalue weighted by Crippen LogP contribution is 2.29. The molecule has 0 fully saturated rings. The van der Waals surface area contributed by atoms with Crippen LogP contribution in [0.3, 0.4) is 0 Å². The van der Waals surface area contributed by atoms with Gasteiger partial charge >= 0.3 is 0 Å². The predicted octanol–water partition coefficient (Wildman–Crippen LogP) is 2.79. The van der Waals surface area contributed by atoms with Crippen molar-refractivity contribution >= 4 is 38.0 Å². The number of sulfone groups is 1. The molecule has 112 valence electrons. The minimum Gasteiger partial charge on any atom is -0.258 e.